The van der Waals surface area contributed by atoms with Crippen molar-refractivity contribution in [3.8, 4) is 0 Å². The molecule has 0 amide bonds. The molecule has 1 fully saturated rings. The van der Waals surface area contributed by atoms with Crippen LogP contribution in [0.25, 0.3) is 0 Å². The van der Waals surface area contributed by atoms with E-state index in [-0.39, 0.29) is 5.92 Å². The van der Waals surface area contributed by atoms with Gasteiger partial charge in [0.05, 0.1) is 5.92 Å². The maximum atomic E-state index is 10.7. The maximum absolute atomic E-state index is 10.7. The van der Waals surface area contributed by atoms with Gasteiger partial charge in [0.2, 0.25) is 0 Å². The molecule has 1 aromatic heterocycles. The van der Waals surface area contributed by atoms with Gasteiger partial charge < -0.3 is 10.0 Å². The number of carbonyl (C=O) groups is 1. The molecule has 1 N–H and O–H groups in total. The highest BCUT2D eigenvalue weighted by Crippen LogP contribution is 2.22. The molecule has 1 aliphatic rings. The summed E-state index contributed by atoms with van der Waals surface area (Å²) in [6.07, 6.45) is 4.19. The van der Waals surface area contributed by atoms with Gasteiger partial charge in [-0.1, -0.05) is 0 Å². The number of pyridine rings is 1. The lowest BCUT2D eigenvalue weighted by atomic mass is 10.1. The van der Waals surface area contributed by atoms with E-state index in [0.29, 0.717) is 6.54 Å². The zero-order chi connectivity index (χ0) is 9.97. The molecule has 74 valence electrons. The Morgan fingerprint density at radius 2 is 2.21 bits per heavy atom. The molecule has 0 spiro atoms. The molecule has 1 atom stereocenters. The minimum Gasteiger partial charge on any atom is -0.481 e. The van der Waals surface area contributed by atoms with Gasteiger partial charge in [0.1, 0.15) is 0 Å². The lowest BCUT2D eigenvalue weighted by Gasteiger charge is -2.17. The largest absolute Gasteiger partial charge is 0.481 e. The van der Waals surface area contributed by atoms with Gasteiger partial charge in [-0.3, -0.25) is 9.78 Å². The molecule has 2 rings (SSSR count). The van der Waals surface area contributed by atoms with Gasteiger partial charge in [-0.2, -0.15) is 0 Å². The Morgan fingerprint density at radius 3 is 2.79 bits per heavy atom. The molecule has 0 aliphatic carbocycles. The molecule has 1 aromatic rings. The van der Waals surface area contributed by atoms with Crippen molar-refractivity contribution in [2.24, 2.45) is 5.92 Å². The van der Waals surface area contributed by atoms with Gasteiger partial charge >= 0.3 is 5.97 Å². The van der Waals surface area contributed by atoms with Gasteiger partial charge in [0, 0.05) is 31.2 Å². The van der Waals surface area contributed by atoms with E-state index in [1.807, 2.05) is 12.1 Å². The molecule has 0 saturated carbocycles. The fourth-order valence-corrected chi connectivity index (χ4v) is 1.75. The van der Waals surface area contributed by atoms with Crippen LogP contribution >= 0.6 is 0 Å². The van der Waals surface area contributed by atoms with Crippen molar-refractivity contribution in [2.45, 2.75) is 6.42 Å². The first-order valence-corrected chi connectivity index (χ1v) is 4.65. The summed E-state index contributed by atoms with van der Waals surface area (Å²) in [6, 6.07) is 3.81. The van der Waals surface area contributed by atoms with Gasteiger partial charge in [-0.05, 0) is 18.6 Å². The molecular weight excluding hydrogens is 180 g/mol. The molecule has 1 aliphatic heterocycles. The van der Waals surface area contributed by atoms with Gasteiger partial charge in [-0.15, -0.1) is 0 Å². The van der Waals surface area contributed by atoms with Crippen molar-refractivity contribution in [1.82, 2.24) is 4.98 Å². The molecular formula is C10H12N2O2. The van der Waals surface area contributed by atoms with Crippen molar-refractivity contribution < 1.29 is 9.90 Å². The van der Waals surface area contributed by atoms with Crippen LogP contribution < -0.4 is 4.90 Å². The summed E-state index contributed by atoms with van der Waals surface area (Å²) in [5.41, 5.74) is 1.06. The third-order valence-electron chi connectivity index (χ3n) is 2.57. The highest BCUT2D eigenvalue weighted by molar-refractivity contribution is 5.72. The summed E-state index contributed by atoms with van der Waals surface area (Å²) in [5.74, 6) is -0.912. The topological polar surface area (TPSA) is 53.4 Å². The number of aromatic nitrogens is 1. The summed E-state index contributed by atoms with van der Waals surface area (Å²) in [7, 11) is 0. The average molecular weight is 192 g/mol. The molecule has 0 unspecified atom stereocenters. The molecule has 14 heavy (non-hydrogen) atoms. The summed E-state index contributed by atoms with van der Waals surface area (Å²) in [5, 5.41) is 8.84. The first-order valence-electron chi connectivity index (χ1n) is 4.65. The van der Waals surface area contributed by atoms with Crippen molar-refractivity contribution in [2.75, 3.05) is 18.0 Å². The van der Waals surface area contributed by atoms with Crippen LogP contribution in [0.5, 0.6) is 0 Å². The average Bonchev–Trinajstić information content (AvgIpc) is 2.68. The Labute approximate surface area is 82.2 Å². The van der Waals surface area contributed by atoms with Crippen molar-refractivity contribution in [3.63, 3.8) is 0 Å². The number of carboxylic acids is 1. The normalized spacial score (nSPS) is 21.1. The Hall–Kier alpha value is -1.58. The Kier molecular flexibility index (Phi) is 2.35. The van der Waals surface area contributed by atoms with Gasteiger partial charge in [0.25, 0.3) is 0 Å². The predicted octanol–water partition coefficient (Wildman–Crippen LogP) is 0.992. The summed E-state index contributed by atoms with van der Waals surface area (Å²) in [6.45, 7) is 1.43. The van der Waals surface area contributed by atoms with Crippen molar-refractivity contribution in [3.05, 3.63) is 24.5 Å². The first-order chi connectivity index (χ1) is 6.77. The minimum atomic E-state index is -0.693. The van der Waals surface area contributed by atoms with E-state index in [2.05, 4.69) is 9.88 Å². The van der Waals surface area contributed by atoms with Crippen LogP contribution in [0.15, 0.2) is 24.5 Å². The molecule has 0 aromatic carbocycles. The minimum absolute atomic E-state index is 0.219. The number of hydrogen-bond acceptors (Lipinski definition) is 3. The molecule has 0 radical (unpaired) electrons. The van der Waals surface area contributed by atoms with E-state index >= 15 is 0 Å². The molecule has 1 saturated heterocycles. The smallest absolute Gasteiger partial charge is 0.308 e. The summed E-state index contributed by atoms with van der Waals surface area (Å²) < 4.78 is 0. The maximum Gasteiger partial charge on any atom is 0.308 e. The monoisotopic (exact) mass is 192 g/mol. The van der Waals surface area contributed by atoms with Gasteiger partial charge in [0.15, 0.2) is 0 Å². The number of anilines is 1. The van der Waals surface area contributed by atoms with E-state index < -0.39 is 5.97 Å². The van der Waals surface area contributed by atoms with Crippen LogP contribution in [-0.2, 0) is 4.79 Å². The summed E-state index contributed by atoms with van der Waals surface area (Å²) >= 11 is 0. The van der Waals surface area contributed by atoms with E-state index in [1.165, 1.54) is 0 Å². The van der Waals surface area contributed by atoms with Crippen LogP contribution in [0.1, 0.15) is 6.42 Å². The van der Waals surface area contributed by atoms with E-state index in [1.54, 1.807) is 12.4 Å². The number of nitrogens with zero attached hydrogens (tertiary/aromatic N) is 2. The lowest BCUT2D eigenvalue weighted by molar-refractivity contribution is -0.140. The van der Waals surface area contributed by atoms with Crippen molar-refractivity contribution in [1.29, 1.82) is 0 Å². The molecule has 4 nitrogen and oxygen atoms in total. The number of aliphatic carboxylic acids is 1. The van der Waals surface area contributed by atoms with E-state index in [0.717, 1.165) is 18.7 Å². The Morgan fingerprint density at radius 1 is 1.50 bits per heavy atom. The van der Waals surface area contributed by atoms with Crippen LogP contribution in [0.2, 0.25) is 0 Å². The zero-order valence-electron chi connectivity index (χ0n) is 7.76. The highest BCUT2D eigenvalue weighted by atomic mass is 16.4. The Balaban J connectivity index is 2.06. The Bertz CT molecular complexity index is 326. The first kappa shape index (κ1) is 8.99. The fraction of sp³-hybridized carbons (Fsp3) is 0.400. The number of rotatable bonds is 2. The molecule has 0 bridgehead atoms. The SMILES string of the molecule is O=C(O)[C@H]1CCN(c2ccncc2)C1. The quantitative estimate of drug-likeness (QED) is 0.759. The van der Waals surface area contributed by atoms with Crippen LogP contribution in [0, 0.1) is 5.92 Å². The number of hydrogen-bond donors (Lipinski definition) is 1. The summed E-state index contributed by atoms with van der Waals surface area (Å²) in [4.78, 5) is 16.8. The van der Waals surface area contributed by atoms with E-state index in [9.17, 15) is 4.79 Å². The third-order valence-corrected chi connectivity index (χ3v) is 2.57. The fourth-order valence-electron chi connectivity index (χ4n) is 1.75. The van der Waals surface area contributed by atoms with Crippen molar-refractivity contribution >= 4 is 11.7 Å². The highest BCUT2D eigenvalue weighted by Gasteiger charge is 2.27. The molecule has 2 heterocycles. The lowest BCUT2D eigenvalue weighted by Crippen LogP contribution is -2.22. The second-order valence-corrected chi connectivity index (χ2v) is 3.48. The van der Waals surface area contributed by atoms with Crippen LogP contribution in [-0.4, -0.2) is 29.1 Å². The molecule has 4 heteroatoms. The third kappa shape index (κ3) is 1.69. The van der Waals surface area contributed by atoms with E-state index in [4.69, 9.17) is 5.11 Å². The standard InChI is InChI=1S/C10H12N2O2/c13-10(14)8-3-6-12(7-8)9-1-4-11-5-2-9/h1-2,4-5,8H,3,6-7H2,(H,13,14)/t8-/m0/s1. The van der Waals surface area contributed by atoms with Crippen LogP contribution in [0.4, 0.5) is 5.69 Å². The van der Waals surface area contributed by atoms with Gasteiger partial charge in [-0.25, -0.2) is 0 Å². The zero-order valence-corrected chi connectivity index (χ0v) is 7.76. The number of carboxylic acid groups (broad SMARTS) is 1. The second kappa shape index (κ2) is 3.65. The second-order valence-electron chi connectivity index (χ2n) is 3.48. The predicted molar refractivity (Wildman–Crippen MR) is 52.2 cm³/mol. The van der Waals surface area contributed by atoms with Crippen LogP contribution in [0.3, 0.4) is 0 Å².